The molecule has 0 fully saturated rings. The number of aromatic nitrogens is 4. The van der Waals surface area contributed by atoms with Gasteiger partial charge >= 0.3 is 12.4 Å². The van der Waals surface area contributed by atoms with Crippen LogP contribution in [-0.4, -0.2) is 20.4 Å². The van der Waals surface area contributed by atoms with Crippen molar-refractivity contribution in [2.45, 2.75) is 12.4 Å². The molecule has 0 aliphatic carbocycles. The highest BCUT2D eigenvalue weighted by atomic mass is 19.4. The van der Waals surface area contributed by atoms with Gasteiger partial charge in [0.1, 0.15) is 0 Å². The molecule has 0 bridgehead atoms. The first-order valence-electron chi connectivity index (χ1n) is 11.2. The van der Waals surface area contributed by atoms with Crippen LogP contribution in [0.5, 0.6) is 0 Å². The van der Waals surface area contributed by atoms with Crippen molar-refractivity contribution in [3.8, 4) is 45.0 Å². The molecule has 1 aromatic heterocycles. The van der Waals surface area contributed by atoms with Crippen LogP contribution in [-0.2, 0) is 12.4 Å². The van der Waals surface area contributed by atoms with E-state index in [0.29, 0.717) is 33.4 Å². The molecule has 0 radical (unpaired) electrons. The van der Waals surface area contributed by atoms with Gasteiger partial charge in [-0.2, -0.15) is 26.3 Å². The molecule has 0 amide bonds. The molecular weight excluding hydrogens is 506 g/mol. The normalized spacial score (nSPS) is 11.9. The van der Waals surface area contributed by atoms with E-state index in [1.807, 2.05) is 0 Å². The summed E-state index contributed by atoms with van der Waals surface area (Å²) in [6, 6.07) is 23.3. The van der Waals surface area contributed by atoms with E-state index < -0.39 is 23.5 Å². The zero-order valence-corrected chi connectivity index (χ0v) is 19.3. The Hall–Kier alpha value is -4.60. The zero-order chi connectivity index (χ0) is 26.9. The van der Waals surface area contributed by atoms with Gasteiger partial charge in [-0.1, -0.05) is 72.8 Å². The largest absolute Gasteiger partial charge is 0.416 e. The molecule has 0 saturated heterocycles. The van der Waals surface area contributed by atoms with Crippen molar-refractivity contribution in [1.29, 1.82) is 0 Å². The van der Waals surface area contributed by atoms with Crippen molar-refractivity contribution in [3.05, 3.63) is 108 Å². The number of hydrogen-bond acceptors (Lipinski definition) is 4. The number of nitrogens with zero attached hydrogens (tertiary/aromatic N) is 4. The van der Waals surface area contributed by atoms with Gasteiger partial charge in [0.25, 0.3) is 0 Å². The van der Waals surface area contributed by atoms with Crippen LogP contribution in [0.15, 0.2) is 97.1 Å². The highest BCUT2D eigenvalue weighted by Gasteiger charge is 2.31. The minimum Gasteiger partial charge on any atom is -0.166 e. The first kappa shape index (κ1) is 25.1. The van der Waals surface area contributed by atoms with Gasteiger partial charge in [0, 0.05) is 11.1 Å². The number of hydrogen-bond donors (Lipinski definition) is 0. The van der Waals surface area contributed by atoms with Crippen LogP contribution in [0.3, 0.4) is 0 Å². The Morgan fingerprint density at radius 2 is 0.658 bits per heavy atom. The van der Waals surface area contributed by atoms with E-state index in [9.17, 15) is 26.3 Å². The lowest BCUT2D eigenvalue weighted by Gasteiger charge is -2.12. The minimum atomic E-state index is -4.44. The standard InChI is InChI=1S/C28H16F6N4/c29-27(30,31)19-13-9-17(10-14-19)21-5-1-3-7-23(21)25-35-37-26(38-36-25)24-8-4-2-6-22(24)18-11-15-20(16-12-18)28(32,33)34/h1-16H. The van der Waals surface area contributed by atoms with Gasteiger partial charge in [-0.05, 0) is 46.5 Å². The summed E-state index contributed by atoms with van der Waals surface area (Å²) in [6.45, 7) is 0. The summed E-state index contributed by atoms with van der Waals surface area (Å²) in [5, 5.41) is 16.8. The molecule has 1 heterocycles. The molecule has 5 rings (SSSR count). The van der Waals surface area contributed by atoms with Crippen LogP contribution in [0.25, 0.3) is 45.0 Å². The van der Waals surface area contributed by atoms with E-state index >= 15 is 0 Å². The fraction of sp³-hybridized carbons (Fsp3) is 0.0714. The molecule has 190 valence electrons. The third kappa shape index (κ3) is 5.10. The average Bonchev–Trinajstić information content (AvgIpc) is 2.92. The minimum absolute atomic E-state index is 0.163. The van der Waals surface area contributed by atoms with Gasteiger partial charge in [0.15, 0.2) is 0 Å². The van der Waals surface area contributed by atoms with Gasteiger partial charge < -0.3 is 0 Å². The van der Waals surface area contributed by atoms with E-state index in [2.05, 4.69) is 20.4 Å². The molecular formula is C28H16F6N4. The number of alkyl halides is 6. The van der Waals surface area contributed by atoms with Crippen molar-refractivity contribution in [2.24, 2.45) is 0 Å². The summed E-state index contributed by atoms with van der Waals surface area (Å²) >= 11 is 0. The van der Waals surface area contributed by atoms with Gasteiger partial charge in [-0.15, -0.1) is 20.4 Å². The second kappa shape index (κ2) is 9.70. The van der Waals surface area contributed by atoms with Gasteiger partial charge in [-0.25, -0.2) is 0 Å². The van der Waals surface area contributed by atoms with Gasteiger partial charge in [-0.3, -0.25) is 0 Å². The SMILES string of the molecule is FC(F)(F)c1ccc(-c2ccccc2-c2nnc(-c3ccccc3-c3ccc(C(F)(F)F)cc3)nn2)cc1. The fourth-order valence-corrected chi connectivity index (χ4v) is 3.98. The topological polar surface area (TPSA) is 51.6 Å². The lowest BCUT2D eigenvalue weighted by atomic mass is 9.98. The fourth-order valence-electron chi connectivity index (χ4n) is 3.98. The highest BCUT2D eigenvalue weighted by molar-refractivity contribution is 5.82. The monoisotopic (exact) mass is 522 g/mol. The molecule has 0 unspecified atom stereocenters. The van der Waals surface area contributed by atoms with Crippen LogP contribution in [0.1, 0.15) is 11.1 Å². The zero-order valence-electron chi connectivity index (χ0n) is 19.3. The maximum absolute atomic E-state index is 13.0. The maximum Gasteiger partial charge on any atom is 0.416 e. The predicted molar refractivity (Wildman–Crippen MR) is 129 cm³/mol. The summed E-state index contributed by atoms with van der Waals surface area (Å²) in [5.74, 6) is 0.326. The van der Waals surface area contributed by atoms with E-state index in [1.54, 1.807) is 48.5 Å². The third-order valence-electron chi connectivity index (χ3n) is 5.86. The smallest absolute Gasteiger partial charge is 0.166 e. The van der Waals surface area contributed by atoms with Crippen LogP contribution in [0.4, 0.5) is 26.3 Å². The molecule has 0 N–H and O–H groups in total. The summed E-state index contributed by atoms with van der Waals surface area (Å²) < 4.78 is 77.8. The Morgan fingerprint density at radius 3 is 0.947 bits per heavy atom. The van der Waals surface area contributed by atoms with E-state index in [-0.39, 0.29) is 11.6 Å². The van der Waals surface area contributed by atoms with Crippen LogP contribution < -0.4 is 0 Å². The Morgan fingerprint density at radius 1 is 0.368 bits per heavy atom. The van der Waals surface area contributed by atoms with E-state index in [4.69, 9.17) is 0 Å². The highest BCUT2D eigenvalue weighted by Crippen LogP contribution is 2.36. The van der Waals surface area contributed by atoms with Crippen LogP contribution >= 0.6 is 0 Å². The maximum atomic E-state index is 13.0. The summed E-state index contributed by atoms with van der Waals surface area (Å²) in [7, 11) is 0. The average molecular weight is 522 g/mol. The van der Waals surface area contributed by atoms with Crippen molar-refractivity contribution in [2.75, 3.05) is 0 Å². The van der Waals surface area contributed by atoms with Crippen molar-refractivity contribution >= 4 is 0 Å². The Labute approximate surface area is 212 Å². The Kier molecular flexibility index (Phi) is 6.40. The molecule has 0 aliphatic rings. The third-order valence-corrected chi connectivity index (χ3v) is 5.86. The molecule has 4 nitrogen and oxygen atoms in total. The number of benzene rings is 4. The molecule has 0 saturated carbocycles. The molecule has 0 atom stereocenters. The van der Waals surface area contributed by atoms with Crippen molar-refractivity contribution in [3.63, 3.8) is 0 Å². The second-order valence-electron chi connectivity index (χ2n) is 8.29. The first-order chi connectivity index (χ1) is 18.1. The van der Waals surface area contributed by atoms with Crippen LogP contribution in [0.2, 0.25) is 0 Å². The summed E-state index contributed by atoms with van der Waals surface area (Å²) in [5.41, 5.74) is 1.81. The van der Waals surface area contributed by atoms with Crippen molar-refractivity contribution in [1.82, 2.24) is 20.4 Å². The Bertz CT molecular complexity index is 1440. The molecule has 4 aromatic carbocycles. The van der Waals surface area contributed by atoms with Gasteiger partial charge in [0.05, 0.1) is 11.1 Å². The summed E-state index contributed by atoms with van der Waals surface area (Å²) in [4.78, 5) is 0. The Balaban J connectivity index is 1.48. The van der Waals surface area contributed by atoms with E-state index in [1.165, 1.54) is 24.3 Å². The molecule has 10 heteroatoms. The molecule has 5 aromatic rings. The van der Waals surface area contributed by atoms with Crippen molar-refractivity contribution < 1.29 is 26.3 Å². The summed E-state index contributed by atoms with van der Waals surface area (Å²) in [6.07, 6.45) is -8.89. The molecule has 38 heavy (non-hydrogen) atoms. The molecule has 0 spiro atoms. The quantitative estimate of drug-likeness (QED) is 0.225. The van der Waals surface area contributed by atoms with Gasteiger partial charge in [0.2, 0.25) is 11.6 Å². The van der Waals surface area contributed by atoms with E-state index in [0.717, 1.165) is 24.3 Å². The lowest BCUT2D eigenvalue weighted by molar-refractivity contribution is -0.138. The lowest BCUT2D eigenvalue weighted by Crippen LogP contribution is -2.04. The molecule has 0 aliphatic heterocycles. The predicted octanol–water partition coefficient (Wildman–Crippen LogP) is 7.97. The van der Waals surface area contributed by atoms with Crippen LogP contribution in [0, 0.1) is 0 Å². The number of rotatable bonds is 4. The first-order valence-corrected chi connectivity index (χ1v) is 11.2. The number of halogens is 6. The second-order valence-corrected chi connectivity index (χ2v) is 8.29.